The number of nitrogens with one attached hydrogen (secondary N) is 1. The van der Waals surface area contributed by atoms with E-state index in [2.05, 4.69) is 5.32 Å². The summed E-state index contributed by atoms with van der Waals surface area (Å²) in [6.07, 6.45) is 0. The number of hydrogen-bond acceptors (Lipinski definition) is 3. The van der Waals surface area contributed by atoms with Gasteiger partial charge in [-0.25, -0.2) is 0 Å². The van der Waals surface area contributed by atoms with Crippen LogP contribution in [0.25, 0.3) is 0 Å². The molecule has 0 aliphatic heterocycles. The highest BCUT2D eigenvalue weighted by Gasteiger charge is 2.25. The minimum Gasteiger partial charge on any atom is -0.497 e. The van der Waals surface area contributed by atoms with Gasteiger partial charge in [-0.15, -0.1) is 0 Å². The lowest BCUT2D eigenvalue weighted by atomic mass is 9.95. The van der Waals surface area contributed by atoms with E-state index < -0.39 is 17.8 Å². The highest BCUT2D eigenvalue weighted by atomic mass is 16.5. The molecule has 0 bridgehead atoms. The fraction of sp³-hybridized carbons (Fsp3) is 0.385. The number of carboxylic acids is 1. The van der Waals surface area contributed by atoms with E-state index in [9.17, 15) is 9.59 Å². The Morgan fingerprint density at radius 2 is 1.72 bits per heavy atom. The third kappa shape index (κ3) is 3.48. The molecule has 2 unspecified atom stereocenters. The smallest absolute Gasteiger partial charge is 0.307 e. The minimum absolute atomic E-state index is 0.310. The normalized spacial score (nSPS) is 13.5. The number of methoxy groups -OCH3 is 1. The summed E-state index contributed by atoms with van der Waals surface area (Å²) >= 11 is 0. The maximum Gasteiger partial charge on any atom is 0.307 e. The minimum atomic E-state index is -0.979. The topological polar surface area (TPSA) is 75.6 Å². The monoisotopic (exact) mass is 251 g/mol. The molecule has 0 aliphatic rings. The first-order valence-electron chi connectivity index (χ1n) is 5.63. The van der Waals surface area contributed by atoms with Gasteiger partial charge in [0.1, 0.15) is 5.75 Å². The van der Waals surface area contributed by atoms with Crippen LogP contribution in [0.5, 0.6) is 5.75 Å². The number of anilines is 1. The number of ether oxygens (including phenoxy) is 1. The second-order valence-electron chi connectivity index (χ2n) is 4.13. The number of rotatable bonds is 5. The van der Waals surface area contributed by atoms with Crippen LogP contribution in [0.1, 0.15) is 13.8 Å². The van der Waals surface area contributed by atoms with Gasteiger partial charge in [-0.05, 0) is 24.3 Å². The zero-order valence-corrected chi connectivity index (χ0v) is 10.6. The summed E-state index contributed by atoms with van der Waals surface area (Å²) < 4.78 is 5.00. The molecule has 98 valence electrons. The maximum atomic E-state index is 11.8. The van der Waals surface area contributed by atoms with Gasteiger partial charge in [-0.3, -0.25) is 9.59 Å². The van der Waals surface area contributed by atoms with Gasteiger partial charge in [0.25, 0.3) is 0 Å². The van der Waals surface area contributed by atoms with Crippen LogP contribution < -0.4 is 10.1 Å². The summed E-state index contributed by atoms with van der Waals surface area (Å²) in [7, 11) is 1.56. The average Bonchev–Trinajstić information content (AvgIpc) is 2.37. The molecule has 0 saturated carbocycles. The van der Waals surface area contributed by atoms with Crippen LogP contribution in [-0.4, -0.2) is 24.1 Å². The van der Waals surface area contributed by atoms with Gasteiger partial charge in [0, 0.05) is 11.6 Å². The van der Waals surface area contributed by atoms with Crippen molar-refractivity contribution in [3.8, 4) is 5.75 Å². The first kappa shape index (κ1) is 14.0. The SMILES string of the molecule is COc1ccc(NC(=O)C(C)C(C)C(=O)O)cc1. The molecule has 18 heavy (non-hydrogen) atoms. The molecule has 0 heterocycles. The van der Waals surface area contributed by atoms with Crippen LogP contribution in [0.2, 0.25) is 0 Å². The van der Waals surface area contributed by atoms with Crippen LogP contribution in [-0.2, 0) is 9.59 Å². The molecule has 0 aliphatic carbocycles. The van der Waals surface area contributed by atoms with Crippen molar-refractivity contribution >= 4 is 17.6 Å². The first-order chi connectivity index (χ1) is 8.45. The Bertz CT molecular complexity index is 427. The number of aliphatic carboxylic acids is 1. The fourth-order valence-electron chi connectivity index (χ4n) is 1.37. The van der Waals surface area contributed by atoms with Gasteiger partial charge >= 0.3 is 5.97 Å². The first-order valence-corrected chi connectivity index (χ1v) is 5.63. The highest BCUT2D eigenvalue weighted by molar-refractivity contribution is 5.94. The summed E-state index contributed by atoms with van der Waals surface area (Å²) in [5.74, 6) is -1.91. The Balaban J connectivity index is 2.66. The largest absolute Gasteiger partial charge is 0.497 e. The average molecular weight is 251 g/mol. The molecule has 2 N–H and O–H groups in total. The Morgan fingerprint density at radius 3 is 2.17 bits per heavy atom. The van der Waals surface area contributed by atoms with E-state index in [1.807, 2.05) is 0 Å². The molecule has 1 amide bonds. The van der Waals surface area contributed by atoms with Crippen LogP contribution in [0, 0.1) is 11.8 Å². The summed E-state index contributed by atoms with van der Waals surface area (Å²) in [6.45, 7) is 3.11. The lowest BCUT2D eigenvalue weighted by Crippen LogP contribution is -2.29. The third-order valence-corrected chi connectivity index (χ3v) is 2.91. The predicted octanol–water partition coefficient (Wildman–Crippen LogP) is 1.99. The Hall–Kier alpha value is -2.04. The van der Waals surface area contributed by atoms with E-state index >= 15 is 0 Å². The van der Waals surface area contributed by atoms with Gasteiger partial charge in [0.15, 0.2) is 0 Å². The van der Waals surface area contributed by atoms with Crippen LogP contribution in [0.15, 0.2) is 24.3 Å². The molecule has 1 rings (SSSR count). The van der Waals surface area contributed by atoms with E-state index in [0.29, 0.717) is 11.4 Å². The summed E-state index contributed by atoms with van der Waals surface area (Å²) in [4.78, 5) is 22.6. The standard InChI is InChI=1S/C13H17NO4/c1-8(9(2)13(16)17)12(15)14-10-4-6-11(18-3)7-5-10/h4-9H,1-3H3,(H,14,15)(H,16,17). The summed E-state index contributed by atoms with van der Waals surface area (Å²) in [5, 5.41) is 11.5. The molecule has 2 atom stereocenters. The summed E-state index contributed by atoms with van der Waals surface area (Å²) in [5.41, 5.74) is 0.616. The molecular weight excluding hydrogens is 234 g/mol. The van der Waals surface area contributed by atoms with Gasteiger partial charge in [0.05, 0.1) is 13.0 Å². The zero-order chi connectivity index (χ0) is 13.7. The molecule has 0 saturated heterocycles. The molecule has 1 aromatic carbocycles. The van der Waals surface area contributed by atoms with E-state index in [1.165, 1.54) is 6.92 Å². The van der Waals surface area contributed by atoms with Crippen molar-refractivity contribution in [1.29, 1.82) is 0 Å². The van der Waals surface area contributed by atoms with Crippen molar-refractivity contribution in [3.05, 3.63) is 24.3 Å². The number of benzene rings is 1. The second-order valence-corrected chi connectivity index (χ2v) is 4.13. The number of carbonyl (C=O) groups is 2. The van der Waals surface area contributed by atoms with Gasteiger partial charge in [-0.2, -0.15) is 0 Å². The molecule has 5 nitrogen and oxygen atoms in total. The van der Waals surface area contributed by atoms with Crippen molar-refractivity contribution in [3.63, 3.8) is 0 Å². The molecular formula is C13H17NO4. The van der Waals surface area contributed by atoms with Crippen molar-refractivity contribution < 1.29 is 19.4 Å². The molecule has 0 fully saturated rings. The maximum absolute atomic E-state index is 11.8. The van der Waals surface area contributed by atoms with Gasteiger partial charge in [-0.1, -0.05) is 13.8 Å². The molecule has 0 radical (unpaired) electrons. The lowest BCUT2D eigenvalue weighted by molar-refractivity contribution is -0.145. The van der Waals surface area contributed by atoms with E-state index in [0.717, 1.165) is 0 Å². The highest BCUT2D eigenvalue weighted by Crippen LogP contribution is 2.18. The van der Waals surface area contributed by atoms with E-state index in [1.54, 1.807) is 38.3 Å². The van der Waals surface area contributed by atoms with Gasteiger partial charge < -0.3 is 15.2 Å². The van der Waals surface area contributed by atoms with Crippen LogP contribution in [0.3, 0.4) is 0 Å². The summed E-state index contributed by atoms with van der Waals surface area (Å²) in [6, 6.07) is 6.85. The quantitative estimate of drug-likeness (QED) is 0.839. The van der Waals surface area contributed by atoms with Crippen molar-refractivity contribution in [1.82, 2.24) is 0 Å². The lowest BCUT2D eigenvalue weighted by Gasteiger charge is -2.15. The second kappa shape index (κ2) is 6.05. The van der Waals surface area contributed by atoms with E-state index in [-0.39, 0.29) is 5.91 Å². The fourth-order valence-corrected chi connectivity index (χ4v) is 1.37. The number of carboxylic acid groups (broad SMARTS) is 1. The van der Waals surface area contributed by atoms with Crippen molar-refractivity contribution in [2.24, 2.45) is 11.8 Å². The van der Waals surface area contributed by atoms with Gasteiger partial charge in [0.2, 0.25) is 5.91 Å². The predicted molar refractivity (Wildman–Crippen MR) is 67.6 cm³/mol. The molecule has 0 spiro atoms. The third-order valence-electron chi connectivity index (χ3n) is 2.91. The van der Waals surface area contributed by atoms with Crippen LogP contribution >= 0.6 is 0 Å². The Kier molecular flexibility index (Phi) is 4.71. The number of amides is 1. The molecule has 0 aromatic heterocycles. The van der Waals surface area contributed by atoms with Crippen molar-refractivity contribution in [2.45, 2.75) is 13.8 Å². The number of carbonyl (C=O) groups excluding carboxylic acids is 1. The zero-order valence-electron chi connectivity index (χ0n) is 10.6. The Labute approximate surface area is 106 Å². The van der Waals surface area contributed by atoms with Crippen molar-refractivity contribution in [2.75, 3.05) is 12.4 Å². The van der Waals surface area contributed by atoms with Crippen LogP contribution in [0.4, 0.5) is 5.69 Å². The van der Waals surface area contributed by atoms with E-state index in [4.69, 9.17) is 9.84 Å². The number of hydrogen-bond donors (Lipinski definition) is 2. The Morgan fingerprint density at radius 1 is 1.17 bits per heavy atom. The molecule has 1 aromatic rings. The molecule has 5 heteroatoms.